The maximum Gasteiger partial charge on any atom is 0.255 e. The number of para-hydroxylation sites is 2. The third-order valence-electron chi connectivity index (χ3n) is 8.53. The molecule has 0 bridgehead atoms. The molecular weight excluding hydrogens is 504 g/mol. The van der Waals surface area contributed by atoms with Gasteiger partial charge in [0.2, 0.25) is 0 Å². The van der Waals surface area contributed by atoms with Crippen molar-refractivity contribution in [3.05, 3.63) is 131 Å². The summed E-state index contributed by atoms with van der Waals surface area (Å²) in [4.78, 5) is 25.8. The number of carbonyl (C=O) groups excluding carboxylic acids is 2. The zero-order valence-electron chi connectivity index (χ0n) is 24.4. The second kappa shape index (κ2) is 15.6. The number of benzene rings is 4. The maximum absolute atomic E-state index is 12.9. The zero-order chi connectivity index (χ0) is 29.0. The minimum atomic E-state index is -0.0904. The summed E-state index contributed by atoms with van der Waals surface area (Å²) in [6.07, 6.45) is 0. The summed E-state index contributed by atoms with van der Waals surface area (Å²) in [6.45, 7) is 0. The van der Waals surface area contributed by atoms with Crippen LogP contribution in [0.4, 0.5) is 11.4 Å². The predicted octanol–water partition coefficient (Wildman–Crippen LogP) is -0.413. The summed E-state index contributed by atoms with van der Waals surface area (Å²) in [7, 11) is 12.5. The molecule has 0 aliphatic carbocycles. The van der Waals surface area contributed by atoms with Crippen LogP contribution in [0.5, 0.6) is 0 Å². The molecule has 2 amide bonds. The normalized spacial score (nSPS) is 16.3. The first-order valence-electron chi connectivity index (χ1n) is 15.6. The molecule has 2 atom stereocenters. The first-order chi connectivity index (χ1) is 20.7. The van der Waals surface area contributed by atoms with Crippen molar-refractivity contribution < 1.29 is 9.59 Å². The van der Waals surface area contributed by atoms with Crippen LogP contribution in [0.2, 0.25) is 0 Å². The van der Waals surface area contributed by atoms with Crippen LogP contribution in [0.25, 0.3) is 0 Å². The van der Waals surface area contributed by atoms with Crippen LogP contribution in [0.3, 0.4) is 0 Å². The molecule has 0 radical (unpaired) electrons. The Bertz CT molecular complexity index is 1320. The molecular formula is C28H32B10N2O2. The molecule has 196 valence electrons. The Balaban J connectivity index is 1.36. The molecule has 1 heterocycles. The molecule has 4 aromatic rings. The number of amides is 2. The summed E-state index contributed by atoms with van der Waals surface area (Å²) in [5.41, 5.74) is 5.51. The van der Waals surface area contributed by atoms with E-state index in [0.29, 0.717) is 22.8 Å². The van der Waals surface area contributed by atoms with Crippen molar-refractivity contribution in [1.82, 2.24) is 0 Å². The van der Waals surface area contributed by atoms with Crippen LogP contribution >= 0.6 is 0 Å². The van der Waals surface area contributed by atoms with Crippen molar-refractivity contribution in [2.24, 2.45) is 0 Å². The van der Waals surface area contributed by atoms with E-state index in [9.17, 15) is 9.59 Å². The zero-order valence-corrected chi connectivity index (χ0v) is 24.4. The van der Waals surface area contributed by atoms with Gasteiger partial charge in [-0.05, 0) is 48.5 Å². The Kier molecular flexibility index (Phi) is 11.1. The molecule has 14 heteroatoms. The van der Waals surface area contributed by atoms with Gasteiger partial charge in [0.15, 0.2) is 0 Å². The lowest BCUT2D eigenvalue weighted by molar-refractivity contribution is 0.101. The quantitative estimate of drug-likeness (QED) is 0.329. The standard InChI is InChI=1S/C28H32B10N2O2/c41-27(39-23-7-3-1-4-8-23)21-15-11-19(12-16-21)25-26(30-32-34-36-38-37-35-33-31-29-25)20-13-17-22(18-14-20)28(42)40-24-9-5-2-6-10-24/h1-18,25-26,29-38H,(H,39,41)(H,40,42). The summed E-state index contributed by atoms with van der Waals surface area (Å²) in [5.74, 6) is 0.541. The van der Waals surface area contributed by atoms with Crippen LogP contribution in [0.1, 0.15) is 43.5 Å². The number of carbonyl (C=O) groups is 2. The van der Waals surface area contributed by atoms with Crippen LogP contribution in [0, 0.1) is 0 Å². The van der Waals surface area contributed by atoms with Crippen molar-refractivity contribution >= 4 is 94.0 Å². The van der Waals surface area contributed by atoms with Crippen molar-refractivity contribution in [3.63, 3.8) is 0 Å². The third kappa shape index (κ3) is 8.50. The fourth-order valence-corrected chi connectivity index (χ4v) is 6.20. The average Bonchev–Trinajstić information content (AvgIpc) is 3.02. The molecule has 1 aliphatic rings. The fourth-order valence-electron chi connectivity index (χ4n) is 6.20. The van der Waals surface area contributed by atoms with Gasteiger partial charge in [-0.1, -0.05) is 83.4 Å². The fraction of sp³-hybridized carbons (Fsp3) is 0.0714. The van der Waals surface area contributed by atoms with Gasteiger partial charge in [-0.3, -0.25) is 9.59 Å². The van der Waals surface area contributed by atoms with E-state index in [4.69, 9.17) is 0 Å². The van der Waals surface area contributed by atoms with Gasteiger partial charge < -0.3 is 10.6 Å². The lowest BCUT2D eigenvalue weighted by Gasteiger charge is -2.28. The van der Waals surface area contributed by atoms with Gasteiger partial charge in [0, 0.05) is 79.0 Å². The summed E-state index contributed by atoms with van der Waals surface area (Å²) in [6, 6.07) is 35.7. The van der Waals surface area contributed by atoms with E-state index in [2.05, 4.69) is 34.9 Å². The number of hydrogen-bond donors (Lipinski definition) is 2. The van der Waals surface area contributed by atoms with Gasteiger partial charge in [-0.25, -0.2) is 0 Å². The van der Waals surface area contributed by atoms with Gasteiger partial charge in [0.05, 0.1) is 14.3 Å². The van der Waals surface area contributed by atoms with Crippen LogP contribution < -0.4 is 10.6 Å². The van der Waals surface area contributed by atoms with Crippen LogP contribution in [-0.4, -0.2) is 82.6 Å². The average molecular weight is 537 g/mol. The van der Waals surface area contributed by atoms with E-state index in [1.54, 1.807) is 0 Å². The minimum absolute atomic E-state index is 0.0904. The van der Waals surface area contributed by atoms with Crippen molar-refractivity contribution in [1.29, 1.82) is 0 Å². The highest BCUT2D eigenvalue weighted by molar-refractivity contribution is 7.69. The Morgan fingerprint density at radius 1 is 0.429 bits per heavy atom. The minimum Gasteiger partial charge on any atom is -0.322 e. The molecule has 42 heavy (non-hydrogen) atoms. The number of hydrogen-bond acceptors (Lipinski definition) is 2. The molecule has 5 rings (SSSR count). The van der Waals surface area contributed by atoms with E-state index >= 15 is 0 Å². The lowest BCUT2D eigenvalue weighted by Crippen LogP contribution is -2.38. The first kappa shape index (κ1) is 29.9. The van der Waals surface area contributed by atoms with Gasteiger partial charge in [-0.15, -0.1) is 0 Å². The van der Waals surface area contributed by atoms with Gasteiger partial charge >= 0.3 is 0 Å². The number of rotatable bonds is 6. The van der Waals surface area contributed by atoms with Gasteiger partial charge in [-0.2, -0.15) is 0 Å². The van der Waals surface area contributed by atoms with Gasteiger partial charge in [0.1, 0.15) is 0 Å². The smallest absolute Gasteiger partial charge is 0.255 e. The van der Waals surface area contributed by atoms with Crippen molar-refractivity contribution in [2.45, 2.75) is 11.6 Å². The number of nitrogens with one attached hydrogen (secondary N) is 2. The summed E-state index contributed by atoms with van der Waals surface area (Å²) >= 11 is 0. The third-order valence-corrected chi connectivity index (χ3v) is 8.53. The predicted molar refractivity (Wildman–Crippen MR) is 199 cm³/mol. The molecule has 2 unspecified atom stereocenters. The Morgan fingerprint density at radius 2 is 0.762 bits per heavy atom. The molecule has 1 aliphatic heterocycles. The lowest BCUT2D eigenvalue weighted by atomic mass is 8.87. The highest BCUT2D eigenvalue weighted by atomic mass is 16.2. The Hall–Kier alpha value is -3.53. The molecule has 1 fully saturated rings. The van der Waals surface area contributed by atoms with E-state index in [1.165, 1.54) is 67.6 Å². The molecule has 4 aromatic carbocycles. The first-order valence-corrected chi connectivity index (χ1v) is 15.6. The van der Waals surface area contributed by atoms with Crippen LogP contribution in [0.15, 0.2) is 109 Å². The SMILES string of the molecule is O=C(Nc1ccccc1)c1ccc(C2BBBBBBBBBBC2c2ccc(C(=O)Nc3ccccc3)cc2)cc1. The van der Waals surface area contributed by atoms with E-state index in [0.717, 1.165) is 25.7 Å². The monoisotopic (exact) mass is 538 g/mol. The van der Waals surface area contributed by atoms with Crippen LogP contribution in [-0.2, 0) is 0 Å². The number of anilines is 2. The molecule has 1 saturated heterocycles. The molecule has 0 spiro atoms. The summed E-state index contributed by atoms with van der Waals surface area (Å²) < 4.78 is 0. The molecule has 0 saturated carbocycles. The topological polar surface area (TPSA) is 58.2 Å². The van der Waals surface area contributed by atoms with Crippen molar-refractivity contribution in [3.8, 4) is 0 Å². The second-order valence-corrected chi connectivity index (χ2v) is 11.5. The highest BCUT2D eigenvalue weighted by Crippen LogP contribution is 2.32. The van der Waals surface area contributed by atoms with E-state index in [-0.39, 0.29) is 11.8 Å². The molecule has 4 nitrogen and oxygen atoms in total. The van der Waals surface area contributed by atoms with E-state index in [1.807, 2.05) is 84.9 Å². The summed E-state index contributed by atoms with van der Waals surface area (Å²) in [5, 5.41) is 5.99. The second-order valence-electron chi connectivity index (χ2n) is 11.5. The van der Waals surface area contributed by atoms with Crippen molar-refractivity contribution in [2.75, 3.05) is 10.6 Å². The molecule has 0 aromatic heterocycles. The Labute approximate surface area is 256 Å². The highest BCUT2D eigenvalue weighted by Gasteiger charge is 2.27. The largest absolute Gasteiger partial charge is 0.322 e. The molecule has 2 N–H and O–H groups in total. The maximum atomic E-state index is 12.9. The van der Waals surface area contributed by atoms with Gasteiger partial charge in [0.25, 0.3) is 11.8 Å². The Morgan fingerprint density at radius 3 is 1.12 bits per heavy atom. The van der Waals surface area contributed by atoms with E-state index < -0.39 is 0 Å².